The highest BCUT2D eigenvalue weighted by Gasteiger charge is 2.20. The molecule has 0 nitrogen and oxygen atoms in total. The van der Waals surface area contributed by atoms with Gasteiger partial charge in [-0.15, -0.1) is 6.42 Å². The maximum Gasteiger partial charge on any atom is 0.0518 e. The van der Waals surface area contributed by atoms with Crippen LogP contribution in [0.4, 0.5) is 0 Å². The Balaban J connectivity index is 3.30. The van der Waals surface area contributed by atoms with E-state index in [0.717, 1.165) is 10.6 Å². The Labute approximate surface area is 84.9 Å². The molecule has 13 heavy (non-hydrogen) atoms. The molecule has 1 heteroatoms. The van der Waals surface area contributed by atoms with Crippen LogP contribution in [0.5, 0.6) is 0 Å². The molecule has 0 aliphatic heterocycles. The molecule has 0 aromatic heterocycles. The average Bonchev–Trinajstić information content (AvgIpc) is 2.09. The van der Waals surface area contributed by atoms with Gasteiger partial charge in [0.25, 0.3) is 0 Å². The predicted molar refractivity (Wildman–Crippen MR) is 58.0 cm³/mol. The van der Waals surface area contributed by atoms with E-state index in [1.54, 1.807) is 0 Å². The molecule has 1 aromatic rings. The van der Waals surface area contributed by atoms with E-state index in [2.05, 4.69) is 5.92 Å². The highest BCUT2D eigenvalue weighted by molar-refractivity contribution is 6.31. The van der Waals surface area contributed by atoms with Crippen LogP contribution in [0.3, 0.4) is 0 Å². The van der Waals surface area contributed by atoms with Crippen molar-refractivity contribution in [3.8, 4) is 12.3 Å². The molecule has 0 fully saturated rings. The normalized spacial score (nSPS) is 11.0. The van der Waals surface area contributed by atoms with Crippen molar-refractivity contribution in [2.75, 3.05) is 0 Å². The molecule has 68 valence electrons. The van der Waals surface area contributed by atoms with Crippen LogP contribution in [0.2, 0.25) is 5.02 Å². The van der Waals surface area contributed by atoms with Gasteiger partial charge < -0.3 is 0 Å². The second-order valence-electron chi connectivity index (χ2n) is 3.75. The Hall–Kier alpha value is -0.930. The fourth-order valence-corrected chi connectivity index (χ4v) is 1.55. The summed E-state index contributed by atoms with van der Waals surface area (Å²) >= 11 is 6.06. The first kappa shape index (κ1) is 10.2. The van der Waals surface area contributed by atoms with E-state index in [-0.39, 0.29) is 5.41 Å². The molecule has 0 radical (unpaired) electrons. The van der Waals surface area contributed by atoms with Crippen molar-refractivity contribution in [2.24, 2.45) is 0 Å². The summed E-state index contributed by atoms with van der Waals surface area (Å²) < 4.78 is 0. The second-order valence-corrected chi connectivity index (χ2v) is 4.16. The molecule has 0 saturated heterocycles. The lowest BCUT2D eigenvalue weighted by Gasteiger charge is -2.19. The van der Waals surface area contributed by atoms with Crippen molar-refractivity contribution < 1.29 is 0 Å². The Morgan fingerprint density at radius 1 is 1.38 bits per heavy atom. The van der Waals surface area contributed by atoms with Crippen LogP contribution in [0.1, 0.15) is 25.0 Å². The van der Waals surface area contributed by atoms with Crippen molar-refractivity contribution in [3.05, 3.63) is 34.3 Å². The molecule has 0 atom stereocenters. The molecule has 0 amide bonds. The molecule has 1 rings (SSSR count). The second kappa shape index (κ2) is 3.44. The summed E-state index contributed by atoms with van der Waals surface area (Å²) in [5.41, 5.74) is 1.92. The van der Waals surface area contributed by atoms with Gasteiger partial charge in [-0.05, 0) is 32.4 Å². The highest BCUT2D eigenvalue weighted by atomic mass is 35.5. The van der Waals surface area contributed by atoms with Gasteiger partial charge in [-0.25, -0.2) is 0 Å². The van der Waals surface area contributed by atoms with Crippen LogP contribution in [0.25, 0.3) is 0 Å². The molecule has 0 N–H and O–H groups in total. The smallest absolute Gasteiger partial charge is 0.0518 e. The van der Waals surface area contributed by atoms with E-state index in [1.807, 2.05) is 39.0 Å². The minimum atomic E-state index is -0.289. The zero-order chi connectivity index (χ0) is 10.1. The SMILES string of the molecule is C#CC(C)(C)c1cc(C)ccc1Cl. The first-order chi connectivity index (χ1) is 5.97. The maximum atomic E-state index is 6.06. The third kappa shape index (κ3) is 2.05. The van der Waals surface area contributed by atoms with E-state index in [9.17, 15) is 0 Å². The summed E-state index contributed by atoms with van der Waals surface area (Å²) in [4.78, 5) is 0. The van der Waals surface area contributed by atoms with E-state index < -0.39 is 0 Å². The Bertz CT molecular complexity index is 356. The number of halogens is 1. The first-order valence-electron chi connectivity index (χ1n) is 4.22. The van der Waals surface area contributed by atoms with Gasteiger partial charge in [0.05, 0.1) is 5.41 Å². The molecule has 0 heterocycles. The van der Waals surface area contributed by atoms with Crippen LogP contribution >= 0.6 is 11.6 Å². The predicted octanol–water partition coefficient (Wildman–Crippen LogP) is 3.56. The van der Waals surface area contributed by atoms with Crippen molar-refractivity contribution >= 4 is 11.6 Å². The quantitative estimate of drug-likeness (QED) is 0.597. The molecule has 0 aliphatic rings. The van der Waals surface area contributed by atoms with E-state index in [4.69, 9.17) is 18.0 Å². The molecular weight excluding hydrogens is 180 g/mol. The molecule has 0 saturated carbocycles. The minimum Gasteiger partial charge on any atom is -0.119 e. The Morgan fingerprint density at radius 2 is 2.00 bits per heavy atom. The number of hydrogen-bond acceptors (Lipinski definition) is 0. The first-order valence-corrected chi connectivity index (χ1v) is 4.59. The third-order valence-corrected chi connectivity index (χ3v) is 2.49. The van der Waals surface area contributed by atoms with Crippen molar-refractivity contribution in [1.29, 1.82) is 0 Å². The van der Waals surface area contributed by atoms with E-state index >= 15 is 0 Å². The topological polar surface area (TPSA) is 0 Å². The van der Waals surface area contributed by atoms with E-state index in [1.165, 1.54) is 5.56 Å². The molecule has 0 aliphatic carbocycles. The van der Waals surface area contributed by atoms with Crippen LogP contribution in [0.15, 0.2) is 18.2 Å². The van der Waals surface area contributed by atoms with Crippen LogP contribution in [0, 0.1) is 19.3 Å². The zero-order valence-corrected chi connectivity index (χ0v) is 8.94. The van der Waals surface area contributed by atoms with Crippen molar-refractivity contribution in [1.82, 2.24) is 0 Å². The fraction of sp³-hybridized carbons (Fsp3) is 0.333. The number of aryl methyl sites for hydroxylation is 1. The molecule has 0 unspecified atom stereocenters. The zero-order valence-electron chi connectivity index (χ0n) is 8.19. The molecular formula is C12H13Cl. The van der Waals surface area contributed by atoms with Crippen LogP contribution < -0.4 is 0 Å². The van der Waals surface area contributed by atoms with E-state index in [0.29, 0.717) is 0 Å². The third-order valence-electron chi connectivity index (χ3n) is 2.16. The largest absolute Gasteiger partial charge is 0.119 e. The van der Waals surface area contributed by atoms with Crippen LogP contribution in [-0.4, -0.2) is 0 Å². The van der Waals surface area contributed by atoms with Crippen LogP contribution in [-0.2, 0) is 5.41 Å². The number of benzene rings is 1. The Kier molecular flexibility index (Phi) is 2.68. The standard InChI is InChI=1S/C12H13Cl/c1-5-12(3,4)10-8-9(2)6-7-11(10)13/h1,6-8H,2-4H3. The minimum absolute atomic E-state index is 0.289. The van der Waals surface area contributed by atoms with Gasteiger partial charge in [-0.1, -0.05) is 35.2 Å². The molecule has 1 aromatic carbocycles. The molecule has 0 spiro atoms. The summed E-state index contributed by atoms with van der Waals surface area (Å²) in [6.07, 6.45) is 5.45. The summed E-state index contributed by atoms with van der Waals surface area (Å²) in [5.74, 6) is 2.74. The number of rotatable bonds is 1. The lowest BCUT2D eigenvalue weighted by molar-refractivity contribution is 0.698. The van der Waals surface area contributed by atoms with Gasteiger partial charge in [-0.2, -0.15) is 0 Å². The number of terminal acetylenes is 1. The monoisotopic (exact) mass is 192 g/mol. The van der Waals surface area contributed by atoms with Gasteiger partial charge in [0, 0.05) is 5.02 Å². The number of hydrogen-bond donors (Lipinski definition) is 0. The highest BCUT2D eigenvalue weighted by Crippen LogP contribution is 2.29. The van der Waals surface area contributed by atoms with Gasteiger partial charge in [0.15, 0.2) is 0 Å². The lowest BCUT2D eigenvalue weighted by atomic mass is 9.85. The average molecular weight is 193 g/mol. The molecule has 0 bridgehead atoms. The Morgan fingerprint density at radius 3 is 2.54 bits per heavy atom. The summed E-state index contributed by atoms with van der Waals surface area (Å²) in [6.45, 7) is 6.02. The lowest BCUT2D eigenvalue weighted by Crippen LogP contribution is -2.14. The summed E-state index contributed by atoms with van der Waals surface area (Å²) in [6, 6.07) is 5.92. The van der Waals surface area contributed by atoms with Crippen molar-refractivity contribution in [3.63, 3.8) is 0 Å². The summed E-state index contributed by atoms with van der Waals surface area (Å²) in [7, 11) is 0. The van der Waals surface area contributed by atoms with Gasteiger partial charge in [0.1, 0.15) is 0 Å². The summed E-state index contributed by atoms with van der Waals surface area (Å²) in [5, 5.41) is 0.744. The van der Waals surface area contributed by atoms with Gasteiger partial charge >= 0.3 is 0 Å². The maximum absolute atomic E-state index is 6.06. The van der Waals surface area contributed by atoms with Crippen molar-refractivity contribution in [2.45, 2.75) is 26.2 Å². The van der Waals surface area contributed by atoms with Gasteiger partial charge in [-0.3, -0.25) is 0 Å². The van der Waals surface area contributed by atoms with Gasteiger partial charge in [0.2, 0.25) is 0 Å². The fourth-order valence-electron chi connectivity index (χ4n) is 1.20.